The fourth-order valence-electron chi connectivity index (χ4n) is 3.02. The number of H-pyrrole nitrogens is 2. The fourth-order valence-corrected chi connectivity index (χ4v) is 3.02. The molecule has 0 radical (unpaired) electrons. The van der Waals surface area contributed by atoms with Crippen LogP contribution in [-0.2, 0) is 0 Å². The van der Waals surface area contributed by atoms with Crippen molar-refractivity contribution in [3.63, 3.8) is 0 Å². The Morgan fingerprint density at radius 2 is 1.68 bits per heavy atom. The van der Waals surface area contributed by atoms with E-state index in [1.807, 2.05) is 42.5 Å². The van der Waals surface area contributed by atoms with Crippen LogP contribution in [0.1, 0.15) is 20.8 Å². The average Bonchev–Trinajstić information content (AvgIpc) is 3.41. The molecule has 0 fully saturated rings. The zero-order valence-electron chi connectivity index (χ0n) is 15.0. The number of hydrogen-bond donors (Lipinski definition) is 4. The summed E-state index contributed by atoms with van der Waals surface area (Å²) < 4.78 is 0. The van der Waals surface area contributed by atoms with Crippen LogP contribution < -0.4 is 10.6 Å². The first-order chi connectivity index (χ1) is 13.7. The summed E-state index contributed by atoms with van der Waals surface area (Å²) in [6.45, 7) is 0.637. The number of carbonyl (C=O) groups excluding carboxylic acids is 2. The molecule has 140 valence electrons. The molecular formula is C21H19N5O2. The number of benzene rings is 1. The van der Waals surface area contributed by atoms with Crippen molar-refractivity contribution in [2.75, 3.05) is 13.1 Å². The van der Waals surface area contributed by atoms with Gasteiger partial charge in [-0.05, 0) is 23.8 Å². The lowest BCUT2D eigenvalue weighted by molar-refractivity contribution is 0.0926. The molecule has 7 nitrogen and oxygen atoms in total. The van der Waals surface area contributed by atoms with Crippen molar-refractivity contribution in [1.29, 1.82) is 0 Å². The molecule has 4 N–H and O–H groups in total. The van der Waals surface area contributed by atoms with Gasteiger partial charge in [-0.25, -0.2) is 0 Å². The van der Waals surface area contributed by atoms with Crippen molar-refractivity contribution in [2.24, 2.45) is 0 Å². The summed E-state index contributed by atoms with van der Waals surface area (Å²) in [6, 6.07) is 15.2. The molecule has 3 aromatic heterocycles. The van der Waals surface area contributed by atoms with Crippen LogP contribution in [0.4, 0.5) is 0 Å². The van der Waals surface area contributed by atoms with E-state index in [1.54, 1.807) is 18.5 Å². The first-order valence-electron chi connectivity index (χ1n) is 8.94. The van der Waals surface area contributed by atoms with E-state index in [1.165, 1.54) is 6.20 Å². The third-order valence-corrected chi connectivity index (χ3v) is 4.43. The summed E-state index contributed by atoms with van der Waals surface area (Å²) in [6.07, 6.45) is 4.98. The zero-order valence-corrected chi connectivity index (χ0v) is 15.0. The molecule has 0 aliphatic heterocycles. The monoisotopic (exact) mass is 373 g/mol. The normalized spacial score (nSPS) is 10.7. The first kappa shape index (κ1) is 17.5. The molecular weight excluding hydrogens is 354 g/mol. The number of aromatic nitrogens is 3. The van der Waals surface area contributed by atoms with Gasteiger partial charge in [-0.3, -0.25) is 14.6 Å². The van der Waals surface area contributed by atoms with Gasteiger partial charge in [0.25, 0.3) is 11.8 Å². The molecule has 0 saturated heterocycles. The van der Waals surface area contributed by atoms with E-state index in [9.17, 15) is 9.59 Å². The van der Waals surface area contributed by atoms with Gasteiger partial charge >= 0.3 is 0 Å². The molecule has 0 aliphatic rings. The first-order valence-corrected chi connectivity index (χ1v) is 8.94. The van der Waals surface area contributed by atoms with E-state index < -0.39 is 0 Å². The minimum absolute atomic E-state index is 0.217. The predicted molar refractivity (Wildman–Crippen MR) is 107 cm³/mol. The number of amides is 2. The van der Waals surface area contributed by atoms with Crippen molar-refractivity contribution >= 4 is 22.7 Å². The number of carbonyl (C=O) groups is 2. The highest BCUT2D eigenvalue weighted by atomic mass is 16.2. The van der Waals surface area contributed by atoms with Crippen LogP contribution in [0.2, 0.25) is 0 Å². The Bertz CT molecular complexity index is 1110. The Labute approximate surface area is 161 Å². The van der Waals surface area contributed by atoms with Gasteiger partial charge in [0.15, 0.2) is 0 Å². The summed E-state index contributed by atoms with van der Waals surface area (Å²) in [5.41, 5.74) is 3.68. The number of fused-ring (bicyclic) bond motifs is 1. The van der Waals surface area contributed by atoms with Gasteiger partial charge in [0.2, 0.25) is 0 Å². The maximum absolute atomic E-state index is 12.3. The molecule has 4 rings (SSSR count). The highest BCUT2D eigenvalue weighted by Gasteiger charge is 2.12. The molecule has 2 amide bonds. The minimum atomic E-state index is -0.224. The molecule has 0 unspecified atom stereocenters. The van der Waals surface area contributed by atoms with Crippen LogP contribution in [0, 0.1) is 0 Å². The van der Waals surface area contributed by atoms with Gasteiger partial charge in [0, 0.05) is 36.6 Å². The Kier molecular flexibility index (Phi) is 4.88. The summed E-state index contributed by atoms with van der Waals surface area (Å²) >= 11 is 0. The van der Waals surface area contributed by atoms with Gasteiger partial charge in [0.05, 0.1) is 17.3 Å². The van der Waals surface area contributed by atoms with Crippen molar-refractivity contribution in [2.45, 2.75) is 0 Å². The molecule has 4 aromatic rings. The predicted octanol–water partition coefficient (Wildman–Crippen LogP) is 2.72. The number of nitrogens with one attached hydrogen (secondary N) is 4. The highest BCUT2D eigenvalue weighted by Crippen LogP contribution is 2.18. The second-order valence-electron chi connectivity index (χ2n) is 6.29. The van der Waals surface area contributed by atoms with Crippen LogP contribution in [0.3, 0.4) is 0 Å². The Balaban J connectivity index is 1.30. The van der Waals surface area contributed by atoms with Crippen LogP contribution in [0.25, 0.3) is 22.2 Å². The van der Waals surface area contributed by atoms with Crippen LogP contribution in [0.15, 0.2) is 67.1 Å². The van der Waals surface area contributed by atoms with Crippen molar-refractivity contribution in [3.8, 4) is 11.3 Å². The van der Waals surface area contributed by atoms with E-state index in [4.69, 9.17) is 0 Å². The molecule has 0 atom stereocenters. The lowest BCUT2D eigenvalue weighted by Gasteiger charge is -2.07. The molecule has 0 spiro atoms. The Hall–Kier alpha value is -3.87. The van der Waals surface area contributed by atoms with Crippen LogP contribution >= 0.6 is 0 Å². The lowest BCUT2D eigenvalue weighted by atomic mass is 10.2. The largest absolute Gasteiger partial charge is 0.360 e. The SMILES string of the molecule is O=C(NCCNC(=O)c1cncc2[nH]ccc12)c1ccc(-c2ccccc2)[nH]1. The van der Waals surface area contributed by atoms with E-state index in [2.05, 4.69) is 25.6 Å². The molecule has 0 saturated carbocycles. The molecule has 28 heavy (non-hydrogen) atoms. The third-order valence-electron chi connectivity index (χ3n) is 4.43. The summed E-state index contributed by atoms with van der Waals surface area (Å²) in [4.78, 5) is 34.8. The maximum atomic E-state index is 12.3. The third kappa shape index (κ3) is 3.64. The topological polar surface area (TPSA) is 103 Å². The Morgan fingerprint density at radius 1 is 0.893 bits per heavy atom. The molecule has 0 bridgehead atoms. The molecule has 7 heteroatoms. The number of aromatic amines is 2. The molecule has 3 heterocycles. The van der Waals surface area contributed by atoms with E-state index in [-0.39, 0.29) is 11.8 Å². The van der Waals surface area contributed by atoms with Crippen LogP contribution in [0.5, 0.6) is 0 Å². The van der Waals surface area contributed by atoms with Crippen LogP contribution in [-0.4, -0.2) is 39.9 Å². The summed E-state index contributed by atoms with van der Waals surface area (Å²) in [5.74, 6) is -0.441. The fraction of sp³-hybridized carbons (Fsp3) is 0.0952. The number of nitrogens with zero attached hydrogens (tertiary/aromatic N) is 1. The van der Waals surface area contributed by atoms with Gasteiger partial charge < -0.3 is 20.6 Å². The average molecular weight is 373 g/mol. The smallest absolute Gasteiger partial charge is 0.267 e. The maximum Gasteiger partial charge on any atom is 0.267 e. The zero-order chi connectivity index (χ0) is 19.3. The number of rotatable bonds is 6. The summed E-state index contributed by atoms with van der Waals surface area (Å²) in [7, 11) is 0. The van der Waals surface area contributed by atoms with E-state index in [0.717, 1.165) is 22.2 Å². The van der Waals surface area contributed by atoms with E-state index >= 15 is 0 Å². The lowest BCUT2D eigenvalue weighted by Crippen LogP contribution is -2.34. The van der Waals surface area contributed by atoms with Gasteiger partial charge in [-0.15, -0.1) is 0 Å². The van der Waals surface area contributed by atoms with Crippen molar-refractivity contribution in [1.82, 2.24) is 25.6 Å². The second-order valence-corrected chi connectivity index (χ2v) is 6.29. The summed E-state index contributed by atoms with van der Waals surface area (Å²) in [5, 5.41) is 6.41. The quantitative estimate of drug-likeness (QED) is 0.391. The van der Waals surface area contributed by atoms with Gasteiger partial charge in [0.1, 0.15) is 5.69 Å². The van der Waals surface area contributed by atoms with Gasteiger partial charge in [-0.1, -0.05) is 30.3 Å². The standard InChI is InChI=1S/C21H19N5O2/c27-20(16-12-22-13-19-15(16)8-9-23-19)24-10-11-25-21(28)18-7-6-17(26-18)14-4-2-1-3-5-14/h1-9,12-13,23,26H,10-11H2,(H,24,27)(H,25,28). The second kappa shape index (κ2) is 7.79. The van der Waals surface area contributed by atoms with Crippen molar-refractivity contribution in [3.05, 3.63) is 78.4 Å². The molecule has 1 aromatic carbocycles. The Morgan fingerprint density at radius 3 is 2.50 bits per heavy atom. The molecule has 0 aliphatic carbocycles. The highest BCUT2D eigenvalue weighted by molar-refractivity contribution is 6.05. The van der Waals surface area contributed by atoms with Crippen molar-refractivity contribution < 1.29 is 9.59 Å². The number of pyridine rings is 1. The van der Waals surface area contributed by atoms with Gasteiger partial charge in [-0.2, -0.15) is 0 Å². The minimum Gasteiger partial charge on any atom is -0.360 e. The number of hydrogen-bond acceptors (Lipinski definition) is 3. The van der Waals surface area contributed by atoms with E-state index in [0.29, 0.717) is 24.3 Å².